The van der Waals surface area contributed by atoms with Crippen LogP contribution in [0, 0.1) is 18.6 Å². The van der Waals surface area contributed by atoms with Crippen LogP contribution in [0.3, 0.4) is 0 Å². The molecule has 0 amide bonds. The van der Waals surface area contributed by atoms with Crippen LogP contribution in [-0.4, -0.2) is 27.8 Å². The summed E-state index contributed by atoms with van der Waals surface area (Å²) >= 11 is 0. The van der Waals surface area contributed by atoms with Crippen molar-refractivity contribution >= 4 is 29.9 Å². The van der Waals surface area contributed by atoms with Crippen LogP contribution in [0.5, 0.6) is 0 Å². The number of guanidine groups is 1. The highest BCUT2D eigenvalue weighted by Crippen LogP contribution is 2.15. The number of aromatic nitrogens is 3. The van der Waals surface area contributed by atoms with Crippen molar-refractivity contribution < 1.29 is 8.78 Å². The molecule has 0 saturated heterocycles. The van der Waals surface area contributed by atoms with E-state index in [2.05, 4.69) is 25.8 Å². The van der Waals surface area contributed by atoms with E-state index in [1.165, 1.54) is 12.1 Å². The minimum absolute atomic E-state index is 0. The Hall–Kier alpha value is -1.78. The molecule has 1 unspecified atom stereocenters. The summed E-state index contributed by atoms with van der Waals surface area (Å²) in [6.45, 7) is 4.16. The summed E-state index contributed by atoms with van der Waals surface area (Å²) in [4.78, 5) is 4.11. The molecule has 0 aliphatic heterocycles. The van der Waals surface area contributed by atoms with E-state index < -0.39 is 11.6 Å². The van der Waals surface area contributed by atoms with Crippen LogP contribution in [-0.2, 0) is 13.6 Å². The summed E-state index contributed by atoms with van der Waals surface area (Å²) in [6.07, 6.45) is 0. The zero-order valence-electron chi connectivity index (χ0n) is 14.0. The van der Waals surface area contributed by atoms with Gasteiger partial charge in [0.15, 0.2) is 23.4 Å². The third kappa shape index (κ3) is 4.86. The molecule has 1 aromatic heterocycles. The standard InChI is InChI=1S/C15H20F2N6.HI/c1-9(11-5-6-12(16)13(17)7-11)20-15(18-3)19-8-14-22-21-10(2)23(14)4;/h5-7,9H,8H2,1-4H3,(H2,18,19,20);1H. The third-order valence-corrected chi connectivity index (χ3v) is 3.62. The molecule has 1 heterocycles. The number of aliphatic imine (C=N–C) groups is 1. The molecular weight excluding hydrogens is 429 g/mol. The molecule has 0 spiro atoms. The molecular formula is C15H21F2IN6. The Labute approximate surface area is 156 Å². The number of rotatable bonds is 4. The van der Waals surface area contributed by atoms with Gasteiger partial charge < -0.3 is 15.2 Å². The summed E-state index contributed by atoms with van der Waals surface area (Å²) in [6, 6.07) is 3.58. The van der Waals surface area contributed by atoms with E-state index in [4.69, 9.17) is 0 Å². The second-order valence-electron chi connectivity index (χ2n) is 5.19. The van der Waals surface area contributed by atoms with Crippen molar-refractivity contribution in [2.75, 3.05) is 7.05 Å². The fourth-order valence-electron chi connectivity index (χ4n) is 2.03. The highest BCUT2D eigenvalue weighted by atomic mass is 127. The fourth-order valence-corrected chi connectivity index (χ4v) is 2.03. The zero-order chi connectivity index (χ0) is 17.0. The van der Waals surface area contributed by atoms with Gasteiger partial charge in [0.05, 0.1) is 12.6 Å². The number of hydrogen-bond donors (Lipinski definition) is 2. The van der Waals surface area contributed by atoms with Gasteiger partial charge in [-0.1, -0.05) is 6.07 Å². The number of hydrogen-bond acceptors (Lipinski definition) is 3. The molecule has 0 aliphatic carbocycles. The van der Waals surface area contributed by atoms with Gasteiger partial charge in [0.2, 0.25) is 0 Å². The highest BCUT2D eigenvalue weighted by Gasteiger charge is 2.12. The average molecular weight is 450 g/mol. The predicted molar refractivity (Wildman–Crippen MR) is 99.3 cm³/mol. The zero-order valence-corrected chi connectivity index (χ0v) is 16.3. The second-order valence-corrected chi connectivity index (χ2v) is 5.19. The summed E-state index contributed by atoms with van der Waals surface area (Å²) in [5.41, 5.74) is 0.626. The Morgan fingerprint density at radius 3 is 2.54 bits per heavy atom. The van der Waals surface area contributed by atoms with Gasteiger partial charge in [-0.3, -0.25) is 4.99 Å². The van der Waals surface area contributed by atoms with Gasteiger partial charge in [0.25, 0.3) is 0 Å². The Morgan fingerprint density at radius 1 is 1.29 bits per heavy atom. The van der Waals surface area contributed by atoms with E-state index in [-0.39, 0.29) is 30.0 Å². The van der Waals surface area contributed by atoms with Crippen molar-refractivity contribution in [3.63, 3.8) is 0 Å². The lowest BCUT2D eigenvalue weighted by atomic mass is 10.1. The second kappa shape index (κ2) is 8.90. The average Bonchev–Trinajstić information content (AvgIpc) is 2.85. The summed E-state index contributed by atoms with van der Waals surface area (Å²) in [7, 11) is 3.52. The normalized spacial score (nSPS) is 12.5. The van der Waals surface area contributed by atoms with Crippen molar-refractivity contribution in [1.29, 1.82) is 0 Å². The molecule has 0 radical (unpaired) electrons. The van der Waals surface area contributed by atoms with Crippen LogP contribution in [0.25, 0.3) is 0 Å². The van der Waals surface area contributed by atoms with E-state index in [1.807, 2.05) is 25.5 Å². The first-order chi connectivity index (χ1) is 10.9. The number of halogens is 3. The van der Waals surface area contributed by atoms with Crippen LogP contribution in [0.4, 0.5) is 8.78 Å². The lowest BCUT2D eigenvalue weighted by Crippen LogP contribution is -2.38. The Morgan fingerprint density at radius 2 is 2.00 bits per heavy atom. The highest BCUT2D eigenvalue weighted by molar-refractivity contribution is 14.0. The summed E-state index contributed by atoms with van der Waals surface area (Å²) in [5.74, 6) is 0.392. The summed E-state index contributed by atoms with van der Waals surface area (Å²) in [5, 5.41) is 14.3. The lowest BCUT2D eigenvalue weighted by Gasteiger charge is -2.18. The molecule has 24 heavy (non-hydrogen) atoms. The minimum atomic E-state index is -0.867. The van der Waals surface area contributed by atoms with Gasteiger partial charge in [-0.15, -0.1) is 34.2 Å². The van der Waals surface area contributed by atoms with Crippen molar-refractivity contribution in [1.82, 2.24) is 25.4 Å². The maximum absolute atomic E-state index is 13.3. The molecule has 0 fully saturated rings. The topological polar surface area (TPSA) is 67.1 Å². The van der Waals surface area contributed by atoms with Crippen molar-refractivity contribution in [2.45, 2.75) is 26.4 Å². The maximum atomic E-state index is 13.3. The lowest BCUT2D eigenvalue weighted by molar-refractivity contribution is 0.504. The van der Waals surface area contributed by atoms with Gasteiger partial charge in [-0.25, -0.2) is 8.78 Å². The molecule has 1 atom stereocenters. The van der Waals surface area contributed by atoms with E-state index >= 15 is 0 Å². The number of benzene rings is 1. The number of aryl methyl sites for hydroxylation is 1. The van der Waals surface area contributed by atoms with Gasteiger partial charge in [-0.05, 0) is 31.5 Å². The van der Waals surface area contributed by atoms with E-state index in [0.717, 1.165) is 17.7 Å². The Balaban J connectivity index is 0.00000288. The molecule has 1 aromatic carbocycles. The Kier molecular flexibility index (Phi) is 7.52. The molecule has 0 bridgehead atoms. The molecule has 132 valence electrons. The first-order valence-corrected chi connectivity index (χ1v) is 7.19. The maximum Gasteiger partial charge on any atom is 0.191 e. The van der Waals surface area contributed by atoms with Gasteiger partial charge in [0.1, 0.15) is 5.82 Å². The van der Waals surface area contributed by atoms with E-state index in [0.29, 0.717) is 18.1 Å². The molecule has 6 nitrogen and oxygen atoms in total. The van der Waals surface area contributed by atoms with Crippen LogP contribution >= 0.6 is 24.0 Å². The van der Waals surface area contributed by atoms with Crippen molar-refractivity contribution in [2.24, 2.45) is 12.0 Å². The van der Waals surface area contributed by atoms with Crippen molar-refractivity contribution in [3.8, 4) is 0 Å². The first-order valence-electron chi connectivity index (χ1n) is 7.19. The van der Waals surface area contributed by atoms with Gasteiger partial charge in [0, 0.05) is 14.1 Å². The summed E-state index contributed by atoms with van der Waals surface area (Å²) < 4.78 is 28.2. The smallest absolute Gasteiger partial charge is 0.191 e. The van der Waals surface area contributed by atoms with E-state index in [1.54, 1.807) is 7.05 Å². The SMILES string of the molecule is CN=C(NCc1nnc(C)n1C)NC(C)c1ccc(F)c(F)c1.I. The van der Waals surface area contributed by atoms with Crippen molar-refractivity contribution in [3.05, 3.63) is 47.0 Å². The van der Waals surface area contributed by atoms with Crippen LogP contribution in [0.1, 0.15) is 30.2 Å². The van der Waals surface area contributed by atoms with Gasteiger partial charge >= 0.3 is 0 Å². The minimum Gasteiger partial charge on any atom is -0.350 e. The largest absolute Gasteiger partial charge is 0.350 e. The first kappa shape index (κ1) is 20.3. The molecule has 2 N–H and O–H groups in total. The Bertz CT molecular complexity index is 716. The predicted octanol–water partition coefficient (Wildman–Crippen LogP) is 2.45. The molecule has 2 aromatic rings. The molecule has 9 heteroatoms. The number of nitrogens with zero attached hydrogens (tertiary/aromatic N) is 4. The quantitative estimate of drug-likeness (QED) is 0.427. The molecule has 0 aliphatic rings. The van der Waals surface area contributed by atoms with Crippen LogP contribution < -0.4 is 10.6 Å². The monoisotopic (exact) mass is 450 g/mol. The van der Waals surface area contributed by atoms with Crippen LogP contribution in [0.2, 0.25) is 0 Å². The van der Waals surface area contributed by atoms with E-state index in [9.17, 15) is 8.78 Å². The number of nitrogens with one attached hydrogen (secondary N) is 2. The molecule has 2 rings (SSSR count). The molecule has 0 saturated carbocycles. The third-order valence-electron chi connectivity index (χ3n) is 3.62. The fraction of sp³-hybridized carbons (Fsp3) is 0.400. The van der Waals surface area contributed by atoms with Gasteiger partial charge in [-0.2, -0.15) is 0 Å². The van der Waals surface area contributed by atoms with Crippen LogP contribution in [0.15, 0.2) is 23.2 Å².